The molecule has 0 unspecified atom stereocenters. The van der Waals surface area contributed by atoms with Gasteiger partial charge in [0.2, 0.25) is 0 Å². The standard InChI is InChI=1S/C24H27N3O3/c25-16-24(13-7-2-8-14-24)27-21(28)15-30-23(29)22-17-9-3-1-4-11-19(17)26-20-12-6-5-10-18(20)22/h5-6,10,12H,1-4,7-9,11,13-15H2,(H,27,28). The van der Waals surface area contributed by atoms with Crippen molar-refractivity contribution < 1.29 is 14.3 Å². The fourth-order valence-corrected chi connectivity index (χ4v) is 4.71. The van der Waals surface area contributed by atoms with Gasteiger partial charge in [-0.2, -0.15) is 5.26 Å². The number of carbonyl (C=O) groups is 2. The van der Waals surface area contributed by atoms with E-state index in [1.807, 2.05) is 24.3 Å². The number of nitrogens with zero attached hydrogens (tertiary/aromatic N) is 2. The van der Waals surface area contributed by atoms with Gasteiger partial charge in [-0.3, -0.25) is 9.78 Å². The minimum Gasteiger partial charge on any atom is -0.452 e. The van der Waals surface area contributed by atoms with E-state index in [4.69, 9.17) is 9.72 Å². The van der Waals surface area contributed by atoms with E-state index >= 15 is 0 Å². The number of hydrogen-bond donors (Lipinski definition) is 1. The van der Waals surface area contributed by atoms with Crippen molar-refractivity contribution in [1.82, 2.24) is 10.3 Å². The van der Waals surface area contributed by atoms with Gasteiger partial charge in [-0.1, -0.05) is 43.9 Å². The second kappa shape index (κ2) is 8.83. The molecule has 2 aromatic rings. The van der Waals surface area contributed by atoms with Gasteiger partial charge in [0.05, 0.1) is 17.1 Å². The smallest absolute Gasteiger partial charge is 0.339 e. The van der Waals surface area contributed by atoms with Crippen molar-refractivity contribution in [1.29, 1.82) is 5.26 Å². The molecule has 4 rings (SSSR count). The third-order valence-corrected chi connectivity index (χ3v) is 6.26. The van der Waals surface area contributed by atoms with Crippen LogP contribution < -0.4 is 5.32 Å². The monoisotopic (exact) mass is 405 g/mol. The van der Waals surface area contributed by atoms with Gasteiger partial charge in [0.1, 0.15) is 5.54 Å². The van der Waals surface area contributed by atoms with Crippen molar-refractivity contribution >= 4 is 22.8 Å². The van der Waals surface area contributed by atoms with Crippen molar-refractivity contribution in [2.45, 2.75) is 69.7 Å². The minimum atomic E-state index is -0.831. The quantitative estimate of drug-likeness (QED) is 0.613. The van der Waals surface area contributed by atoms with Crippen LogP contribution in [-0.4, -0.2) is 29.0 Å². The maximum Gasteiger partial charge on any atom is 0.339 e. The first kappa shape index (κ1) is 20.3. The van der Waals surface area contributed by atoms with E-state index in [-0.39, 0.29) is 6.61 Å². The van der Waals surface area contributed by atoms with Crippen molar-refractivity contribution in [2.24, 2.45) is 0 Å². The Morgan fingerprint density at radius 1 is 1.07 bits per heavy atom. The average molecular weight is 405 g/mol. The Labute approximate surface area is 176 Å². The molecule has 2 aliphatic rings. The normalized spacial score (nSPS) is 18.0. The lowest BCUT2D eigenvalue weighted by Gasteiger charge is -2.31. The van der Waals surface area contributed by atoms with E-state index < -0.39 is 17.4 Å². The zero-order valence-corrected chi connectivity index (χ0v) is 17.2. The van der Waals surface area contributed by atoms with Gasteiger partial charge in [-0.25, -0.2) is 4.79 Å². The molecule has 6 nitrogen and oxygen atoms in total. The summed E-state index contributed by atoms with van der Waals surface area (Å²) >= 11 is 0. The molecule has 30 heavy (non-hydrogen) atoms. The average Bonchev–Trinajstić information content (AvgIpc) is 3.01. The molecule has 1 saturated carbocycles. The van der Waals surface area contributed by atoms with Gasteiger partial charge in [0.25, 0.3) is 5.91 Å². The first-order chi connectivity index (χ1) is 14.6. The van der Waals surface area contributed by atoms with E-state index in [2.05, 4.69) is 11.4 Å². The summed E-state index contributed by atoms with van der Waals surface area (Å²) in [4.78, 5) is 30.3. The Kier molecular flexibility index (Phi) is 5.98. The van der Waals surface area contributed by atoms with Gasteiger partial charge in [0, 0.05) is 11.1 Å². The maximum absolute atomic E-state index is 13.1. The largest absolute Gasteiger partial charge is 0.452 e. The molecule has 0 radical (unpaired) electrons. The molecule has 0 saturated heterocycles. The summed E-state index contributed by atoms with van der Waals surface area (Å²) in [6.07, 6.45) is 9.04. The second-order valence-corrected chi connectivity index (χ2v) is 8.37. The number of fused-ring (bicyclic) bond motifs is 2. The van der Waals surface area contributed by atoms with Crippen LogP contribution in [0, 0.1) is 11.3 Å². The zero-order chi connectivity index (χ0) is 21.0. The number of amides is 1. The number of benzene rings is 1. The van der Waals surface area contributed by atoms with Gasteiger partial charge in [0.15, 0.2) is 6.61 Å². The summed E-state index contributed by atoms with van der Waals surface area (Å²) in [5, 5.41) is 13.1. The van der Waals surface area contributed by atoms with Crippen molar-refractivity contribution in [2.75, 3.05) is 6.61 Å². The Morgan fingerprint density at radius 2 is 1.80 bits per heavy atom. The lowest BCUT2D eigenvalue weighted by Crippen LogP contribution is -2.50. The Bertz CT molecular complexity index is 1000. The first-order valence-corrected chi connectivity index (χ1v) is 10.9. The van der Waals surface area contributed by atoms with Crippen molar-refractivity contribution in [3.8, 4) is 6.07 Å². The molecule has 156 valence electrons. The zero-order valence-electron chi connectivity index (χ0n) is 17.2. The Hall–Kier alpha value is -2.94. The number of hydrogen-bond acceptors (Lipinski definition) is 5. The van der Waals surface area contributed by atoms with E-state index in [1.165, 1.54) is 0 Å². The Balaban J connectivity index is 1.54. The molecular formula is C24H27N3O3. The maximum atomic E-state index is 13.1. The first-order valence-electron chi connectivity index (χ1n) is 10.9. The molecule has 1 heterocycles. The summed E-state index contributed by atoms with van der Waals surface area (Å²) in [5.41, 5.74) is 2.41. The van der Waals surface area contributed by atoms with Crippen LogP contribution in [0.15, 0.2) is 24.3 Å². The number of carbonyl (C=O) groups excluding carboxylic acids is 2. The Morgan fingerprint density at radius 3 is 2.60 bits per heavy atom. The molecule has 1 amide bonds. The van der Waals surface area contributed by atoms with E-state index in [0.29, 0.717) is 18.4 Å². The van der Waals surface area contributed by atoms with Crippen molar-refractivity contribution in [3.05, 3.63) is 41.1 Å². The SMILES string of the molecule is N#CC1(NC(=O)COC(=O)c2c3c(nc4ccccc24)CCCCC3)CCCCC1. The van der Waals surface area contributed by atoms with Crippen molar-refractivity contribution in [3.63, 3.8) is 0 Å². The van der Waals surface area contributed by atoms with Crippen LogP contribution in [0.2, 0.25) is 0 Å². The summed E-state index contributed by atoms with van der Waals surface area (Å²) in [6, 6.07) is 9.85. The molecule has 1 aromatic carbocycles. The molecule has 0 atom stereocenters. The molecule has 0 spiro atoms. The number of ether oxygens (including phenoxy) is 1. The fourth-order valence-electron chi connectivity index (χ4n) is 4.71. The molecule has 1 N–H and O–H groups in total. The summed E-state index contributed by atoms with van der Waals surface area (Å²) in [6.45, 7) is -0.381. The van der Waals surface area contributed by atoms with E-state index in [1.54, 1.807) is 0 Å². The van der Waals surface area contributed by atoms with Gasteiger partial charge in [-0.05, 0) is 50.2 Å². The topological polar surface area (TPSA) is 92.1 Å². The van der Waals surface area contributed by atoms with E-state index in [9.17, 15) is 14.9 Å². The number of aryl methyl sites for hydroxylation is 1. The minimum absolute atomic E-state index is 0.381. The highest BCUT2D eigenvalue weighted by molar-refractivity contribution is 6.05. The van der Waals surface area contributed by atoms with Gasteiger partial charge < -0.3 is 10.1 Å². The summed E-state index contributed by atoms with van der Waals surface area (Å²) in [5.74, 6) is -0.909. The fraction of sp³-hybridized carbons (Fsp3) is 0.500. The van der Waals surface area contributed by atoms with Crippen LogP contribution in [0.1, 0.15) is 73.0 Å². The van der Waals surface area contributed by atoms with Crippen LogP contribution in [0.5, 0.6) is 0 Å². The number of pyridine rings is 1. The highest BCUT2D eigenvalue weighted by atomic mass is 16.5. The predicted octanol–water partition coefficient (Wildman–Crippen LogP) is 4.00. The van der Waals surface area contributed by atoms with Crippen LogP contribution in [0.3, 0.4) is 0 Å². The molecule has 1 aromatic heterocycles. The number of rotatable bonds is 4. The molecule has 0 bridgehead atoms. The molecule has 0 aliphatic heterocycles. The van der Waals surface area contributed by atoms with Gasteiger partial charge >= 0.3 is 5.97 Å². The lowest BCUT2D eigenvalue weighted by atomic mass is 9.83. The number of esters is 1. The lowest BCUT2D eigenvalue weighted by molar-refractivity contribution is -0.125. The van der Waals surface area contributed by atoms with Crippen LogP contribution in [0.25, 0.3) is 10.9 Å². The number of para-hydroxylation sites is 1. The molecule has 1 fully saturated rings. The van der Waals surface area contributed by atoms with Crippen LogP contribution >= 0.6 is 0 Å². The third-order valence-electron chi connectivity index (χ3n) is 6.26. The third kappa shape index (κ3) is 4.16. The molecule has 2 aliphatic carbocycles. The highest BCUT2D eigenvalue weighted by Gasteiger charge is 2.34. The summed E-state index contributed by atoms with van der Waals surface area (Å²) in [7, 11) is 0. The van der Waals surface area contributed by atoms with Crippen LogP contribution in [0.4, 0.5) is 0 Å². The number of nitrogens with one attached hydrogen (secondary N) is 1. The van der Waals surface area contributed by atoms with Gasteiger partial charge in [-0.15, -0.1) is 0 Å². The summed E-state index contributed by atoms with van der Waals surface area (Å²) < 4.78 is 5.45. The second-order valence-electron chi connectivity index (χ2n) is 8.37. The molecule has 6 heteroatoms. The van der Waals surface area contributed by atoms with E-state index in [0.717, 1.165) is 73.5 Å². The highest BCUT2D eigenvalue weighted by Crippen LogP contribution is 2.30. The molecular weight excluding hydrogens is 378 g/mol. The van der Waals surface area contributed by atoms with Crippen LogP contribution in [-0.2, 0) is 22.4 Å². The number of nitriles is 1. The number of aromatic nitrogens is 1. The predicted molar refractivity (Wildman–Crippen MR) is 113 cm³/mol.